The normalized spacial score (nSPS) is 19.2. The third-order valence-electron chi connectivity index (χ3n) is 4.06. The molecule has 0 saturated heterocycles. The van der Waals surface area contributed by atoms with Crippen molar-refractivity contribution in [3.63, 3.8) is 0 Å². The van der Waals surface area contributed by atoms with E-state index in [1.807, 2.05) is 5.51 Å². The molecule has 1 fully saturated rings. The molecule has 3 nitrogen and oxygen atoms in total. The van der Waals surface area contributed by atoms with E-state index in [1.54, 1.807) is 11.3 Å². The first kappa shape index (κ1) is 14.0. The Morgan fingerprint density at radius 1 is 1.50 bits per heavy atom. The molecule has 102 valence electrons. The van der Waals surface area contributed by atoms with Crippen LogP contribution in [0.3, 0.4) is 0 Å². The molecule has 1 aromatic rings. The van der Waals surface area contributed by atoms with Gasteiger partial charge in [-0.2, -0.15) is 0 Å². The summed E-state index contributed by atoms with van der Waals surface area (Å²) in [6.45, 7) is 8.93. The maximum absolute atomic E-state index is 4.32. The molecule has 0 spiro atoms. The van der Waals surface area contributed by atoms with Gasteiger partial charge < -0.3 is 5.32 Å². The summed E-state index contributed by atoms with van der Waals surface area (Å²) in [5.74, 6) is 0.684. The maximum Gasteiger partial charge on any atom is 0.0798 e. The number of aryl methyl sites for hydroxylation is 1. The third-order valence-corrected chi connectivity index (χ3v) is 4.98. The van der Waals surface area contributed by atoms with E-state index < -0.39 is 0 Å². The molecule has 1 aliphatic rings. The van der Waals surface area contributed by atoms with Crippen LogP contribution >= 0.6 is 11.3 Å². The second-order valence-corrected chi connectivity index (χ2v) is 6.62. The summed E-state index contributed by atoms with van der Waals surface area (Å²) in [7, 11) is 2.22. The number of thiazole rings is 1. The van der Waals surface area contributed by atoms with Crippen LogP contribution in [0.1, 0.15) is 37.3 Å². The summed E-state index contributed by atoms with van der Waals surface area (Å²) in [4.78, 5) is 8.16. The lowest BCUT2D eigenvalue weighted by Gasteiger charge is -2.29. The van der Waals surface area contributed by atoms with Crippen LogP contribution in [0.5, 0.6) is 0 Å². The molecule has 1 saturated carbocycles. The predicted octanol–water partition coefficient (Wildman–Crippen LogP) is 2.66. The zero-order valence-corrected chi connectivity index (χ0v) is 12.8. The molecular weight excluding hydrogens is 242 g/mol. The Balaban J connectivity index is 1.79. The van der Waals surface area contributed by atoms with E-state index in [1.165, 1.54) is 23.4 Å². The van der Waals surface area contributed by atoms with Crippen molar-refractivity contribution >= 4 is 11.3 Å². The van der Waals surface area contributed by atoms with Crippen molar-refractivity contribution in [2.45, 2.75) is 52.2 Å². The summed E-state index contributed by atoms with van der Waals surface area (Å²) in [6, 6.07) is 1.41. The fourth-order valence-corrected chi connectivity index (χ4v) is 2.93. The predicted molar refractivity (Wildman–Crippen MR) is 78.0 cm³/mol. The minimum atomic E-state index is 0.595. The van der Waals surface area contributed by atoms with Gasteiger partial charge in [0.1, 0.15) is 0 Å². The van der Waals surface area contributed by atoms with Crippen LogP contribution in [0.15, 0.2) is 5.51 Å². The third kappa shape index (κ3) is 3.77. The Labute approximate surface area is 115 Å². The summed E-state index contributed by atoms with van der Waals surface area (Å²) in [6.07, 6.45) is 2.74. The highest BCUT2D eigenvalue weighted by molar-refractivity contribution is 7.09. The molecule has 0 aromatic carbocycles. The van der Waals surface area contributed by atoms with Crippen LogP contribution in [-0.4, -0.2) is 35.6 Å². The largest absolute Gasteiger partial charge is 0.314 e. The van der Waals surface area contributed by atoms with E-state index in [2.05, 4.69) is 43.0 Å². The Morgan fingerprint density at radius 3 is 2.78 bits per heavy atom. The topological polar surface area (TPSA) is 28.2 Å². The van der Waals surface area contributed by atoms with Gasteiger partial charge in [0, 0.05) is 23.5 Å². The second kappa shape index (κ2) is 6.13. The van der Waals surface area contributed by atoms with Gasteiger partial charge in [0.25, 0.3) is 0 Å². The first-order valence-corrected chi connectivity index (χ1v) is 7.78. The van der Waals surface area contributed by atoms with E-state index in [9.17, 15) is 0 Å². The van der Waals surface area contributed by atoms with Gasteiger partial charge in [0.15, 0.2) is 0 Å². The molecule has 0 radical (unpaired) electrons. The van der Waals surface area contributed by atoms with Crippen molar-refractivity contribution in [1.29, 1.82) is 0 Å². The summed E-state index contributed by atoms with van der Waals surface area (Å²) in [5, 5.41) is 3.63. The lowest BCUT2D eigenvalue weighted by molar-refractivity contribution is 0.189. The average Bonchev–Trinajstić information content (AvgIpc) is 3.10. The fourth-order valence-electron chi connectivity index (χ4n) is 2.09. The highest BCUT2D eigenvalue weighted by atomic mass is 32.1. The molecule has 4 heteroatoms. The van der Waals surface area contributed by atoms with Gasteiger partial charge in [0.2, 0.25) is 0 Å². The number of nitrogens with zero attached hydrogens (tertiary/aromatic N) is 2. The van der Waals surface area contributed by atoms with Gasteiger partial charge in [-0.25, -0.2) is 4.98 Å². The molecule has 1 heterocycles. The van der Waals surface area contributed by atoms with E-state index in [0.29, 0.717) is 12.0 Å². The number of aromatic nitrogens is 1. The number of hydrogen-bond acceptors (Lipinski definition) is 4. The Bertz CT molecular complexity index is 373. The summed E-state index contributed by atoms with van der Waals surface area (Å²) < 4.78 is 0. The molecule has 18 heavy (non-hydrogen) atoms. The smallest absolute Gasteiger partial charge is 0.0798 e. The average molecular weight is 267 g/mol. The van der Waals surface area contributed by atoms with E-state index in [-0.39, 0.29) is 0 Å². The second-order valence-electron chi connectivity index (χ2n) is 5.68. The molecule has 0 amide bonds. The summed E-state index contributed by atoms with van der Waals surface area (Å²) in [5.41, 5.74) is 3.13. The van der Waals surface area contributed by atoms with Crippen LogP contribution in [0.2, 0.25) is 0 Å². The Morgan fingerprint density at radius 2 is 2.22 bits per heavy atom. The Hall–Kier alpha value is -0.450. The standard InChI is InChI=1S/C14H25N3S/c1-10(7-15-13-5-6-13)12(3)17(4)8-14-11(2)16-9-18-14/h9-10,12-13,15H,5-8H2,1-4H3. The van der Waals surface area contributed by atoms with Crippen LogP contribution in [0, 0.1) is 12.8 Å². The maximum atomic E-state index is 4.32. The van der Waals surface area contributed by atoms with Gasteiger partial charge >= 0.3 is 0 Å². The Kier molecular flexibility index (Phi) is 4.76. The highest BCUT2D eigenvalue weighted by Gasteiger charge is 2.23. The van der Waals surface area contributed by atoms with Crippen LogP contribution in [-0.2, 0) is 6.54 Å². The van der Waals surface area contributed by atoms with Crippen LogP contribution in [0.4, 0.5) is 0 Å². The number of nitrogens with one attached hydrogen (secondary N) is 1. The van der Waals surface area contributed by atoms with Gasteiger partial charge in [-0.1, -0.05) is 6.92 Å². The van der Waals surface area contributed by atoms with E-state index >= 15 is 0 Å². The summed E-state index contributed by atoms with van der Waals surface area (Å²) >= 11 is 1.77. The molecule has 1 N–H and O–H groups in total. The van der Waals surface area contributed by atoms with Crippen molar-refractivity contribution in [2.75, 3.05) is 13.6 Å². The van der Waals surface area contributed by atoms with Crippen LogP contribution < -0.4 is 5.32 Å². The molecule has 2 rings (SSSR count). The molecule has 2 unspecified atom stereocenters. The highest BCUT2D eigenvalue weighted by Crippen LogP contribution is 2.21. The van der Waals surface area contributed by atoms with Gasteiger partial charge in [-0.3, -0.25) is 4.90 Å². The van der Waals surface area contributed by atoms with E-state index in [0.717, 1.165) is 19.1 Å². The first-order chi connectivity index (χ1) is 8.58. The van der Waals surface area contributed by atoms with Crippen LogP contribution in [0.25, 0.3) is 0 Å². The van der Waals surface area contributed by atoms with Crippen molar-refractivity contribution in [3.8, 4) is 0 Å². The van der Waals surface area contributed by atoms with Crippen molar-refractivity contribution < 1.29 is 0 Å². The van der Waals surface area contributed by atoms with Gasteiger partial charge in [-0.15, -0.1) is 11.3 Å². The number of rotatable bonds is 7. The van der Waals surface area contributed by atoms with Crippen molar-refractivity contribution in [1.82, 2.24) is 15.2 Å². The lowest BCUT2D eigenvalue weighted by Crippen LogP contribution is -2.39. The van der Waals surface area contributed by atoms with Crippen molar-refractivity contribution in [3.05, 3.63) is 16.1 Å². The zero-order valence-electron chi connectivity index (χ0n) is 11.9. The lowest BCUT2D eigenvalue weighted by atomic mass is 10.0. The SMILES string of the molecule is Cc1ncsc1CN(C)C(C)C(C)CNC1CC1. The molecule has 2 atom stereocenters. The molecule has 0 aliphatic heterocycles. The minimum absolute atomic E-state index is 0.595. The monoisotopic (exact) mass is 267 g/mol. The number of hydrogen-bond donors (Lipinski definition) is 1. The quantitative estimate of drug-likeness (QED) is 0.823. The van der Waals surface area contributed by atoms with Gasteiger partial charge in [0.05, 0.1) is 11.2 Å². The van der Waals surface area contributed by atoms with Gasteiger partial charge in [-0.05, 0) is 46.2 Å². The zero-order chi connectivity index (χ0) is 13.1. The molecule has 1 aliphatic carbocycles. The van der Waals surface area contributed by atoms with E-state index in [4.69, 9.17) is 0 Å². The van der Waals surface area contributed by atoms with Crippen molar-refractivity contribution in [2.24, 2.45) is 5.92 Å². The first-order valence-electron chi connectivity index (χ1n) is 6.90. The minimum Gasteiger partial charge on any atom is -0.314 e. The molecular formula is C14H25N3S. The molecule has 1 aromatic heterocycles. The molecule has 0 bridgehead atoms. The fraction of sp³-hybridized carbons (Fsp3) is 0.786.